The van der Waals surface area contributed by atoms with Gasteiger partial charge in [0, 0.05) is 35.9 Å². The van der Waals surface area contributed by atoms with Crippen LogP contribution >= 0.6 is 34.5 Å². The van der Waals surface area contributed by atoms with Gasteiger partial charge in [-0.25, -0.2) is 9.59 Å². The number of hydrogen-bond donors (Lipinski definition) is 1. The zero-order chi connectivity index (χ0) is 35.2. The van der Waals surface area contributed by atoms with E-state index in [-0.39, 0.29) is 22.4 Å². The first-order chi connectivity index (χ1) is 24.2. The van der Waals surface area contributed by atoms with Gasteiger partial charge in [0.05, 0.1) is 20.8 Å². The number of esters is 2. The molecule has 4 aromatic rings. The standard InChI is InChI=1S/C37H39Cl2N3O7S/c1-46-31-10-8-25(16-33(31)47-2)32(17-28-29(38)20-42(45)21-30(28)39)49-36(43)34-11-9-27(50-34)18-40-35(24-6-4-3-5-7-24)37(44)48-22-26-19-41-14-12-23(26)13-15-41/h3-11,16,20-21,23,26,32,35,40H,12-15,17-19,22H2,1-2H3/t26-,32?,35?/m1/s1. The van der Waals surface area contributed by atoms with Crippen LogP contribution in [0.15, 0.2) is 73.1 Å². The molecule has 1 N–H and O–H groups in total. The number of fused-ring (bicyclic) bond motifs is 3. The van der Waals surface area contributed by atoms with Crippen LogP contribution < -0.4 is 19.5 Å². The molecule has 13 heteroatoms. The third-order valence-electron chi connectivity index (χ3n) is 9.42. The lowest BCUT2D eigenvalue weighted by Gasteiger charge is -2.44. The van der Waals surface area contributed by atoms with Crippen molar-refractivity contribution in [3.05, 3.63) is 115 Å². The maximum Gasteiger partial charge on any atom is 0.348 e. The molecule has 2 aromatic carbocycles. The van der Waals surface area contributed by atoms with Crippen LogP contribution in [0.3, 0.4) is 0 Å². The molecule has 264 valence electrons. The Morgan fingerprint density at radius 2 is 1.70 bits per heavy atom. The van der Waals surface area contributed by atoms with Crippen molar-refractivity contribution in [2.24, 2.45) is 11.8 Å². The van der Waals surface area contributed by atoms with Gasteiger partial charge in [0.25, 0.3) is 0 Å². The van der Waals surface area contributed by atoms with Gasteiger partial charge in [-0.15, -0.1) is 11.3 Å². The fraction of sp³-hybridized carbons (Fsp3) is 0.378. The Labute approximate surface area is 305 Å². The number of pyridine rings is 1. The van der Waals surface area contributed by atoms with E-state index >= 15 is 0 Å². The van der Waals surface area contributed by atoms with Gasteiger partial charge in [0.15, 0.2) is 23.9 Å². The zero-order valence-electron chi connectivity index (χ0n) is 27.8. The lowest BCUT2D eigenvalue weighted by molar-refractivity contribution is -0.605. The normalized spacial score (nSPS) is 19.4. The summed E-state index contributed by atoms with van der Waals surface area (Å²) in [6.07, 6.45) is 3.99. The van der Waals surface area contributed by atoms with Crippen LogP contribution in [-0.2, 0) is 27.2 Å². The summed E-state index contributed by atoms with van der Waals surface area (Å²) in [5.74, 6) is 1.06. The molecule has 0 spiro atoms. The van der Waals surface area contributed by atoms with Crippen LogP contribution in [0.4, 0.5) is 0 Å². The number of benzene rings is 2. The Morgan fingerprint density at radius 1 is 0.980 bits per heavy atom. The van der Waals surface area contributed by atoms with Crippen molar-refractivity contribution in [1.82, 2.24) is 10.2 Å². The number of rotatable bonds is 14. The van der Waals surface area contributed by atoms with E-state index in [0.717, 1.165) is 42.9 Å². The molecule has 3 aliphatic heterocycles. The minimum atomic E-state index is -0.836. The van der Waals surface area contributed by atoms with Gasteiger partial charge in [-0.05, 0) is 67.2 Å². The number of aromatic nitrogens is 1. The number of nitrogens with zero attached hydrogens (tertiary/aromatic N) is 2. The second kappa shape index (κ2) is 16.4. The first-order valence-corrected chi connectivity index (χ1v) is 18.0. The molecule has 3 aliphatic rings. The molecule has 7 rings (SSSR count). The summed E-state index contributed by atoms with van der Waals surface area (Å²) >= 11 is 14.1. The Balaban J connectivity index is 1.15. The summed E-state index contributed by atoms with van der Waals surface area (Å²) in [6.45, 7) is 3.99. The first kappa shape index (κ1) is 35.9. The van der Waals surface area contributed by atoms with E-state index in [2.05, 4.69) is 10.2 Å². The van der Waals surface area contributed by atoms with E-state index in [1.54, 1.807) is 24.3 Å². The SMILES string of the molecule is COc1ccc(C(Cc2c(Cl)c[n+]([O-])cc2Cl)OC(=O)c2ccc(CNC(C(=O)OC[C@H]3CN4CCC3CC4)c3ccccc3)s2)cc1OC. The first-order valence-electron chi connectivity index (χ1n) is 16.5. The fourth-order valence-corrected chi connectivity index (χ4v) is 8.14. The molecular formula is C37H39Cl2N3O7S. The number of halogens is 2. The maximum atomic E-state index is 13.6. The number of nitrogens with one attached hydrogen (secondary N) is 1. The highest BCUT2D eigenvalue weighted by molar-refractivity contribution is 7.13. The van der Waals surface area contributed by atoms with Gasteiger partial charge in [0.2, 0.25) is 0 Å². The number of thiophene rings is 1. The predicted octanol–water partition coefficient (Wildman–Crippen LogP) is 6.56. The molecule has 3 atom stereocenters. The minimum absolute atomic E-state index is 0.0972. The van der Waals surface area contributed by atoms with Crippen LogP contribution in [0.25, 0.3) is 0 Å². The summed E-state index contributed by atoms with van der Waals surface area (Å²) in [6, 6.07) is 17.6. The molecule has 0 aliphatic carbocycles. The highest BCUT2D eigenvalue weighted by Gasteiger charge is 2.35. The predicted molar refractivity (Wildman–Crippen MR) is 191 cm³/mol. The van der Waals surface area contributed by atoms with Gasteiger partial charge in [-0.2, -0.15) is 4.73 Å². The molecular weight excluding hydrogens is 701 g/mol. The number of methoxy groups -OCH3 is 2. The topological polar surface area (TPSA) is 113 Å². The Kier molecular flexibility index (Phi) is 11.8. The number of carbonyl (C=O) groups is 2. The van der Waals surface area contributed by atoms with E-state index < -0.39 is 18.1 Å². The van der Waals surface area contributed by atoms with Gasteiger partial charge in [-0.1, -0.05) is 59.6 Å². The van der Waals surface area contributed by atoms with E-state index in [0.29, 0.717) is 57.2 Å². The van der Waals surface area contributed by atoms with Gasteiger partial charge in [0.1, 0.15) is 27.1 Å². The summed E-state index contributed by atoms with van der Waals surface area (Å²) in [4.78, 5) is 30.7. The molecule has 3 fully saturated rings. The second-order valence-electron chi connectivity index (χ2n) is 12.5. The molecule has 50 heavy (non-hydrogen) atoms. The van der Waals surface area contributed by atoms with Gasteiger partial charge < -0.3 is 29.1 Å². The van der Waals surface area contributed by atoms with E-state index in [4.69, 9.17) is 42.1 Å². The average Bonchev–Trinajstić information content (AvgIpc) is 3.61. The average molecular weight is 741 g/mol. The number of piperidine rings is 3. The third-order valence-corrected chi connectivity index (χ3v) is 11.1. The molecule has 2 unspecified atom stereocenters. The van der Waals surface area contributed by atoms with Gasteiger partial charge in [-0.3, -0.25) is 5.32 Å². The molecule has 2 bridgehead atoms. The minimum Gasteiger partial charge on any atom is -0.619 e. The molecule has 0 saturated carbocycles. The number of hydrogen-bond acceptors (Lipinski definition) is 10. The Morgan fingerprint density at radius 3 is 2.36 bits per heavy atom. The van der Waals surface area contributed by atoms with E-state index in [1.165, 1.54) is 38.0 Å². The molecule has 2 aromatic heterocycles. The van der Waals surface area contributed by atoms with Crippen LogP contribution in [0.5, 0.6) is 11.5 Å². The lowest BCUT2D eigenvalue weighted by atomic mass is 9.79. The smallest absolute Gasteiger partial charge is 0.348 e. The van der Waals surface area contributed by atoms with Crippen LogP contribution in [0.1, 0.15) is 56.2 Å². The van der Waals surface area contributed by atoms with E-state index in [1.807, 2.05) is 36.4 Å². The monoisotopic (exact) mass is 739 g/mol. The van der Waals surface area contributed by atoms with Crippen molar-refractivity contribution in [2.75, 3.05) is 40.5 Å². The molecule has 10 nitrogen and oxygen atoms in total. The fourth-order valence-electron chi connectivity index (χ4n) is 6.70. The van der Waals surface area contributed by atoms with Crippen molar-refractivity contribution < 1.29 is 33.3 Å². The molecule has 0 radical (unpaired) electrons. The highest BCUT2D eigenvalue weighted by atomic mass is 35.5. The zero-order valence-corrected chi connectivity index (χ0v) is 30.1. The van der Waals surface area contributed by atoms with Crippen molar-refractivity contribution >= 4 is 46.5 Å². The van der Waals surface area contributed by atoms with Crippen molar-refractivity contribution in [3.63, 3.8) is 0 Å². The van der Waals surface area contributed by atoms with Crippen molar-refractivity contribution in [2.45, 2.75) is 38.0 Å². The van der Waals surface area contributed by atoms with Crippen LogP contribution in [-0.4, -0.2) is 57.3 Å². The third kappa shape index (κ3) is 8.52. The summed E-state index contributed by atoms with van der Waals surface area (Å²) in [5, 5.41) is 15.5. The quantitative estimate of drug-likeness (QED) is 0.0873. The van der Waals surface area contributed by atoms with Crippen LogP contribution in [0, 0.1) is 17.0 Å². The summed E-state index contributed by atoms with van der Waals surface area (Å²) in [7, 11) is 3.05. The number of carbonyl (C=O) groups excluding carboxylic acids is 2. The molecule has 3 saturated heterocycles. The maximum absolute atomic E-state index is 13.6. The molecule has 0 amide bonds. The Bertz CT molecular complexity index is 1780. The highest BCUT2D eigenvalue weighted by Crippen LogP contribution is 2.36. The van der Waals surface area contributed by atoms with E-state index in [9.17, 15) is 14.8 Å². The summed E-state index contributed by atoms with van der Waals surface area (Å²) < 4.78 is 23.4. The van der Waals surface area contributed by atoms with Crippen molar-refractivity contribution in [3.8, 4) is 11.5 Å². The number of ether oxygens (including phenoxy) is 4. The van der Waals surface area contributed by atoms with Gasteiger partial charge >= 0.3 is 11.9 Å². The van der Waals surface area contributed by atoms with Crippen molar-refractivity contribution in [1.29, 1.82) is 0 Å². The Hall–Kier alpha value is -3.87. The summed E-state index contributed by atoms with van der Waals surface area (Å²) in [5.41, 5.74) is 1.88. The molecule has 5 heterocycles. The second-order valence-corrected chi connectivity index (χ2v) is 14.5. The largest absolute Gasteiger partial charge is 0.619 e. The van der Waals surface area contributed by atoms with Crippen LogP contribution in [0.2, 0.25) is 10.0 Å². The lowest BCUT2D eigenvalue weighted by Crippen LogP contribution is -2.49.